The zero-order valence-corrected chi connectivity index (χ0v) is 23.3. The van der Waals surface area contributed by atoms with E-state index in [-0.39, 0.29) is 0 Å². The van der Waals surface area contributed by atoms with Gasteiger partial charge in [0.1, 0.15) is 5.75 Å². The summed E-state index contributed by atoms with van der Waals surface area (Å²) in [6, 6.07) is 55.4. The van der Waals surface area contributed by atoms with Crippen molar-refractivity contribution in [2.45, 2.75) is 0 Å². The van der Waals surface area contributed by atoms with Gasteiger partial charge in [-0.25, -0.2) is 0 Å². The van der Waals surface area contributed by atoms with Crippen LogP contribution in [0.4, 0.5) is 28.4 Å². The lowest BCUT2D eigenvalue weighted by Crippen LogP contribution is -2.12. The molecule has 0 atom stereocenters. The van der Waals surface area contributed by atoms with Gasteiger partial charge in [-0.3, -0.25) is 0 Å². The second-order valence-corrected chi connectivity index (χ2v) is 9.94. The molecule has 200 valence electrons. The summed E-state index contributed by atoms with van der Waals surface area (Å²) in [6.07, 6.45) is 0. The zero-order chi connectivity index (χ0) is 28.0. The highest BCUT2D eigenvalue weighted by Gasteiger charge is 2.14. The monoisotopic (exact) mass is 532 g/mol. The van der Waals surface area contributed by atoms with E-state index in [1.165, 1.54) is 22.3 Å². The first kappa shape index (κ1) is 26.0. The number of nitrogens with zero attached hydrogens (tertiary/aromatic N) is 2. The zero-order valence-electron chi connectivity index (χ0n) is 23.3. The van der Waals surface area contributed by atoms with Crippen molar-refractivity contribution in [3.63, 3.8) is 0 Å². The van der Waals surface area contributed by atoms with Crippen LogP contribution in [0.3, 0.4) is 0 Å². The standard InChI is InChI=1S/C38H32N2O/c1-39(37-14-9-15-38(28-37)41-2)33-24-26-36(27-25-33)40(34-20-16-31(17-21-34)29-10-5-3-6-11-29)35-22-18-32(19-23-35)30-12-7-4-8-13-30/h3-28H,1-2H3. The van der Waals surface area contributed by atoms with Crippen molar-refractivity contribution in [1.29, 1.82) is 0 Å². The highest BCUT2D eigenvalue weighted by molar-refractivity contribution is 5.81. The van der Waals surface area contributed by atoms with Gasteiger partial charge in [-0.2, -0.15) is 0 Å². The molecule has 6 aromatic carbocycles. The Bertz CT molecular complexity index is 1610. The quantitative estimate of drug-likeness (QED) is 0.194. The number of anilines is 5. The number of methoxy groups -OCH3 is 1. The van der Waals surface area contributed by atoms with Crippen LogP contribution in [0.5, 0.6) is 5.75 Å². The lowest BCUT2D eigenvalue weighted by molar-refractivity contribution is 0.415. The van der Waals surface area contributed by atoms with Gasteiger partial charge in [-0.1, -0.05) is 91.0 Å². The number of hydrogen-bond donors (Lipinski definition) is 0. The van der Waals surface area contributed by atoms with Crippen molar-refractivity contribution in [3.8, 4) is 28.0 Å². The third-order valence-electron chi connectivity index (χ3n) is 7.40. The molecule has 3 nitrogen and oxygen atoms in total. The van der Waals surface area contributed by atoms with Gasteiger partial charge in [0.2, 0.25) is 0 Å². The fourth-order valence-electron chi connectivity index (χ4n) is 5.11. The largest absolute Gasteiger partial charge is 0.497 e. The van der Waals surface area contributed by atoms with E-state index in [0.717, 1.165) is 34.2 Å². The third kappa shape index (κ3) is 5.70. The van der Waals surface area contributed by atoms with Crippen LogP contribution in [0.1, 0.15) is 0 Å². The summed E-state index contributed by atoms with van der Waals surface area (Å²) in [5, 5.41) is 0. The predicted octanol–water partition coefficient (Wildman–Crippen LogP) is 10.3. The average Bonchev–Trinajstić information content (AvgIpc) is 3.06. The normalized spacial score (nSPS) is 10.7. The maximum Gasteiger partial charge on any atom is 0.120 e. The van der Waals surface area contributed by atoms with Gasteiger partial charge in [0, 0.05) is 41.6 Å². The molecular formula is C38H32N2O. The molecule has 0 amide bonds. The second kappa shape index (κ2) is 11.8. The van der Waals surface area contributed by atoms with Crippen LogP contribution < -0.4 is 14.5 Å². The molecule has 0 aliphatic carbocycles. The Hall–Kier alpha value is -5.28. The van der Waals surface area contributed by atoms with E-state index in [4.69, 9.17) is 4.74 Å². The Morgan fingerprint density at radius 2 is 0.805 bits per heavy atom. The van der Waals surface area contributed by atoms with Gasteiger partial charge in [0.15, 0.2) is 0 Å². The fraction of sp³-hybridized carbons (Fsp3) is 0.0526. The van der Waals surface area contributed by atoms with E-state index >= 15 is 0 Å². The highest BCUT2D eigenvalue weighted by Crippen LogP contribution is 2.38. The van der Waals surface area contributed by atoms with Gasteiger partial charge >= 0.3 is 0 Å². The van der Waals surface area contributed by atoms with Gasteiger partial charge in [0.05, 0.1) is 7.11 Å². The summed E-state index contributed by atoms with van der Waals surface area (Å²) in [5.41, 5.74) is 10.3. The minimum atomic E-state index is 0.843. The molecule has 0 saturated heterocycles. The summed E-state index contributed by atoms with van der Waals surface area (Å²) in [5.74, 6) is 0.843. The fourth-order valence-corrected chi connectivity index (χ4v) is 5.11. The van der Waals surface area contributed by atoms with Crippen LogP contribution in [0.15, 0.2) is 158 Å². The number of rotatable bonds is 8. The molecule has 6 rings (SSSR count). The van der Waals surface area contributed by atoms with Gasteiger partial charge < -0.3 is 14.5 Å². The third-order valence-corrected chi connectivity index (χ3v) is 7.40. The van der Waals surface area contributed by atoms with Crippen molar-refractivity contribution in [1.82, 2.24) is 0 Å². The molecule has 0 saturated carbocycles. The molecule has 0 N–H and O–H groups in total. The van der Waals surface area contributed by atoms with Crippen LogP contribution in [0, 0.1) is 0 Å². The smallest absolute Gasteiger partial charge is 0.120 e. The Balaban J connectivity index is 1.35. The van der Waals surface area contributed by atoms with Crippen LogP contribution in [0.2, 0.25) is 0 Å². The lowest BCUT2D eigenvalue weighted by Gasteiger charge is -2.27. The predicted molar refractivity (Wildman–Crippen MR) is 173 cm³/mol. The molecule has 0 aromatic heterocycles. The molecule has 41 heavy (non-hydrogen) atoms. The van der Waals surface area contributed by atoms with Gasteiger partial charge in [-0.15, -0.1) is 0 Å². The second-order valence-electron chi connectivity index (χ2n) is 9.94. The molecule has 3 heteroatoms. The van der Waals surface area contributed by atoms with Crippen molar-refractivity contribution < 1.29 is 4.74 Å². The van der Waals surface area contributed by atoms with E-state index in [9.17, 15) is 0 Å². The minimum absolute atomic E-state index is 0.843. The summed E-state index contributed by atoms with van der Waals surface area (Å²) in [4.78, 5) is 4.47. The van der Waals surface area contributed by atoms with Crippen LogP contribution in [-0.4, -0.2) is 14.2 Å². The van der Waals surface area contributed by atoms with Crippen molar-refractivity contribution >= 4 is 28.4 Å². The van der Waals surface area contributed by atoms with E-state index in [0.29, 0.717) is 0 Å². The maximum atomic E-state index is 5.43. The Morgan fingerprint density at radius 3 is 1.27 bits per heavy atom. The topological polar surface area (TPSA) is 15.7 Å². The summed E-state index contributed by atoms with van der Waals surface area (Å²) < 4.78 is 5.43. The lowest BCUT2D eigenvalue weighted by atomic mass is 10.0. The molecule has 0 aliphatic rings. The first-order chi connectivity index (χ1) is 20.2. The molecule has 0 spiro atoms. The van der Waals surface area contributed by atoms with Gasteiger partial charge in [0.25, 0.3) is 0 Å². The molecule has 6 aromatic rings. The van der Waals surface area contributed by atoms with Crippen LogP contribution in [0.25, 0.3) is 22.3 Å². The number of hydrogen-bond acceptors (Lipinski definition) is 3. The minimum Gasteiger partial charge on any atom is -0.497 e. The van der Waals surface area contributed by atoms with Crippen molar-refractivity contribution in [2.75, 3.05) is 24.0 Å². The summed E-state index contributed by atoms with van der Waals surface area (Å²) in [6.45, 7) is 0. The molecule has 0 bridgehead atoms. The molecule has 0 unspecified atom stereocenters. The number of benzene rings is 6. The van der Waals surface area contributed by atoms with Crippen LogP contribution >= 0.6 is 0 Å². The van der Waals surface area contributed by atoms with E-state index in [1.807, 2.05) is 30.3 Å². The van der Waals surface area contributed by atoms with E-state index < -0.39 is 0 Å². The highest BCUT2D eigenvalue weighted by atomic mass is 16.5. The maximum absolute atomic E-state index is 5.43. The molecule has 0 heterocycles. The molecular weight excluding hydrogens is 500 g/mol. The van der Waals surface area contributed by atoms with Crippen molar-refractivity contribution in [2.24, 2.45) is 0 Å². The van der Waals surface area contributed by atoms with Crippen molar-refractivity contribution in [3.05, 3.63) is 158 Å². The van der Waals surface area contributed by atoms with E-state index in [1.54, 1.807) is 7.11 Å². The van der Waals surface area contributed by atoms with Crippen LogP contribution in [-0.2, 0) is 0 Å². The summed E-state index contributed by atoms with van der Waals surface area (Å²) >= 11 is 0. The van der Waals surface area contributed by atoms with E-state index in [2.05, 4.69) is 144 Å². The molecule has 0 aliphatic heterocycles. The van der Waals surface area contributed by atoms with Gasteiger partial charge in [-0.05, 0) is 82.9 Å². The number of ether oxygens (including phenoxy) is 1. The average molecular weight is 533 g/mol. The Labute approximate surface area is 242 Å². The molecule has 0 fully saturated rings. The summed E-state index contributed by atoms with van der Waals surface area (Å²) in [7, 11) is 3.77. The SMILES string of the molecule is COc1cccc(N(C)c2ccc(N(c3ccc(-c4ccccc4)cc3)c3ccc(-c4ccccc4)cc3)cc2)c1. The Kier molecular flexibility index (Phi) is 7.51. The first-order valence-electron chi connectivity index (χ1n) is 13.8. The Morgan fingerprint density at radius 1 is 0.390 bits per heavy atom. The first-order valence-corrected chi connectivity index (χ1v) is 13.8. The molecule has 0 radical (unpaired) electrons.